The van der Waals surface area contributed by atoms with Gasteiger partial charge in [0.25, 0.3) is 0 Å². The summed E-state index contributed by atoms with van der Waals surface area (Å²) in [5, 5.41) is 0. The first-order chi connectivity index (χ1) is 8.36. The van der Waals surface area contributed by atoms with E-state index in [9.17, 15) is 9.59 Å². The average molecular weight is 254 g/mol. The van der Waals surface area contributed by atoms with Crippen molar-refractivity contribution in [1.82, 2.24) is 0 Å². The molecule has 3 nitrogen and oxygen atoms in total. The number of ketones is 2. The summed E-state index contributed by atoms with van der Waals surface area (Å²) < 4.78 is 5.19. The van der Waals surface area contributed by atoms with Crippen LogP contribution in [0, 0.1) is 17.3 Å². The molecule has 0 amide bonds. The Labute approximate surface area is 110 Å². The third kappa shape index (κ3) is 4.20. The standard InChI is InChI=1S/C15H26O3/c1-5-18-9-8-14(17)12-10-11(15(2,3)4)6-7-13(12)16/h11-12H,5-10H2,1-4H3. The van der Waals surface area contributed by atoms with Gasteiger partial charge in [-0.15, -0.1) is 0 Å². The SMILES string of the molecule is CCOCCC(=O)C1CC(C(C)(C)C)CCC1=O. The summed E-state index contributed by atoms with van der Waals surface area (Å²) in [5.74, 6) is 0.305. The van der Waals surface area contributed by atoms with E-state index in [-0.39, 0.29) is 22.9 Å². The van der Waals surface area contributed by atoms with Gasteiger partial charge in [-0.3, -0.25) is 9.59 Å². The van der Waals surface area contributed by atoms with Crippen molar-refractivity contribution in [1.29, 1.82) is 0 Å². The number of hydrogen-bond donors (Lipinski definition) is 0. The first-order valence-electron chi connectivity index (χ1n) is 6.99. The van der Waals surface area contributed by atoms with Crippen LogP contribution in [0.2, 0.25) is 0 Å². The van der Waals surface area contributed by atoms with Crippen LogP contribution in [0.3, 0.4) is 0 Å². The molecule has 0 N–H and O–H groups in total. The van der Waals surface area contributed by atoms with Gasteiger partial charge in [0, 0.05) is 19.4 Å². The van der Waals surface area contributed by atoms with Crippen LogP contribution in [-0.4, -0.2) is 24.8 Å². The number of ether oxygens (including phenoxy) is 1. The van der Waals surface area contributed by atoms with Gasteiger partial charge in [0.15, 0.2) is 0 Å². The maximum absolute atomic E-state index is 12.1. The van der Waals surface area contributed by atoms with Crippen LogP contribution >= 0.6 is 0 Å². The molecule has 0 aliphatic heterocycles. The molecule has 1 aliphatic carbocycles. The molecule has 0 saturated heterocycles. The highest BCUT2D eigenvalue weighted by Crippen LogP contribution is 2.39. The molecule has 104 valence electrons. The minimum Gasteiger partial charge on any atom is -0.381 e. The third-order valence-corrected chi connectivity index (χ3v) is 3.96. The van der Waals surface area contributed by atoms with E-state index >= 15 is 0 Å². The van der Waals surface area contributed by atoms with Gasteiger partial charge >= 0.3 is 0 Å². The molecule has 0 aromatic heterocycles. The zero-order valence-electron chi connectivity index (χ0n) is 12.1. The van der Waals surface area contributed by atoms with Crippen molar-refractivity contribution in [3.05, 3.63) is 0 Å². The Morgan fingerprint density at radius 3 is 2.61 bits per heavy atom. The van der Waals surface area contributed by atoms with Crippen LogP contribution in [0.25, 0.3) is 0 Å². The highest BCUT2D eigenvalue weighted by molar-refractivity contribution is 6.02. The third-order valence-electron chi connectivity index (χ3n) is 3.96. The van der Waals surface area contributed by atoms with E-state index in [1.54, 1.807) is 0 Å². The minimum absolute atomic E-state index is 0.0717. The molecule has 0 aromatic rings. The molecular weight excluding hydrogens is 228 g/mol. The maximum Gasteiger partial charge on any atom is 0.145 e. The van der Waals surface area contributed by atoms with Crippen molar-refractivity contribution in [2.45, 2.75) is 53.4 Å². The molecule has 0 spiro atoms. The van der Waals surface area contributed by atoms with Crippen LogP contribution in [0.15, 0.2) is 0 Å². The topological polar surface area (TPSA) is 43.4 Å². The number of rotatable bonds is 5. The average Bonchev–Trinajstić information content (AvgIpc) is 2.28. The van der Waals surface area contributed by atoms with E-state index < -0.39 is 0 Å². The van der Waals surface area contributed by atoms with Crippen LogP contribution in [0.4, 0.5) is 0 Å². The fraction of sp³-hybridized carbons (Fsp3) is 0.867. The lowest BCUT2D eigenvalue weighted by atomic mass is 9.67. The highest BCUT2D eigenvalue weighted by Gasteiger charge is 2.37. The molecule has 2 unspecified atom stereocenters. The first kappa shape index (κ1) is 15.4. The first-order valence-corrected chi connectivity index (χ1v) is 6.99. The van der Waals surface area contributed by atoms with Crippen molar-refractivity contribution in [2.24, 2.45) is 17.3 Å². The van der Waals surface area contributed by atoms with Gasteiger partial charge < -0.3 is 4.74 Å². The Kier molecular flexibility index (Phi) is 5.51. The van der Waals surface area contributed by atoms with Crippen molar-refractivity contribution >= 4 is 11.6 Å². The smallest absolute Gasteiger partial charge is 0.145 e. The Balaban J connectivity index is 2.57. The van der Waals surface area contributed by atoms with Crippen LogP contribution < -0.4 is 0 Å². The predicted molar refractivity (Wildman–Crippen MR) is 71.4 cm³/mol. The normalized spacial score (nSPS) is 25.2. The van der Waals surface area contributed by atoms with Gasteiger partial charge in [-0.1, -0.05) is 20.8 Å². The molecule has 0 radical (unpaired) electrons. The molecule has 0 aromatic carbocycles. The largest absolute Gasteiger partial charge is 0.381 e. The fourth-order valence-corrected chi connectivity index (χ4v) is 2.61. The number of carbonyl (C=O) groups is 2. The lowest BCUT2D eigenvalue weighted by molar-refractivity contribution is -0.136. The van der Waals surface area contributed by atoms with E-state index in [0.29, 0.717) is 32.0 Å². The summed E-state index contributed by atoms with van der Waals surface area (Å²) in [6.07, 6.45) is 2.60. The van der Waals surface area contributed by atoms with Crippen LogP contribution in [-0.2, 0) is 14.3 Å². The Morgan fingerprint density at radius 2 is 2.06 bits per heavy atom. The second-order valence-corrected chi connectivity index (χ2v) is 6.27. The Bertz CT molecular complexity index is 301. The maximum atomic E-state index is 12.1. The summed E-state index contributed by atoms with van der Waals surface area (Å²) in [6, 6.07) is 0. The highest BCUT2D eigenvalue weighted by atomic mass is 16.5. The summed E-state index contributed by atoms with van der Waals surface area (Å²) in [4.78, 5) is 23.9. The second-order valence-electron chi connectivity index (χ2n) is 6.27. The number of Topliss-reactive ketones (excluding diaryl/α,β-unsaturated/α-hetero) is 2. The van der Waals surface area contributed by atoms with Gasteiger partial charge in [0.1, 0.15) is 11.6 Å². The van der Waals surface area contributed by atoms with Gasteiger partial charge in [-0.05, 0) is 31.1 Å². The molecule has 2 atom stereocenters. The number of hydrogen-bond acceptors (Lipinski definition) is 3. The quantitative estimate of drug-likeness (QED) is 0.559. The molecule has 1 fully saturated rings. The van der Waals surface area contributed by atoms with Crippen molar-refractivity contribution < 1.29 is 14.3 Å². The van der Waals surface area contributed by atoms with E-state index in [2.05, 4.69) is 20.8 Å². The van der Waals surface area contributed by atoms with Gasteiger partial charge in [0.05, 0.1) is 12.5 Å². The monoisotopic (exact) mass is 254 g/mol. The van der Waals surface area contributed by atoms with Crippen LogP contribution in [0.5, 0.6) is 0 Å². The molecule has 18 heavy (non-hydrogen) atoms. The van der Waals surface area contributed by atoms with E-state index in [1.165, 1.54) is 0 Å². The van der Waals surface area contributed by atoms with Gasteiger partial charge in [-0.2, -0.15) is 0 Å². The van der Waals surface area contributed by atoms with Crippen LogP contribution in [0.1, 0.15) is 53.4 Å². The number of carbonyl (C=O) groups excluding carboxylic acids is 2. The van der Waals surface area contributed by atoms with Crippen molar-refractivity contribution in [2.75, 3.05) is 13.2 Å². The molecular formula is C15H26O3. The lowest BCUT2D eigenvalue weighted by Crippen LogP contribution is -2.36. The lowest BCUT2D eigenvalue weighted by Gasteiger charge is -2.36. The summed E-state index contributed by atoms with van der Waals surface area (Å²) >= 11 is 0. The van der Waals surface area contributed by atoms with E-state index in [4.69, 9.17) is 4.74 Å². The molecule has 1 aliphatic rings. The zero-order valence-corrected chi connectivity index (χ0v) is 12.1. The Morgan fingerprint density at radius 1 is 1.39 bits per heavy atom. The van der Waals surface area contributed by atoms with E-state index in [0.717, 1.165) is 12.8 Å². The van der Waals surface area contributed by atoms with E-state index in [1.807, 2.05) is 6.92 Å². The minimum atomic E-state index is -0.372. The molecule has 1 rings (SSSR count). The molecule has 3 heteroatoms. The summed E-state index contributed by atoms with van der Waals surface area (Å²) in [7, 11) is 0. The molecule has 0 bridgehead atoms. The molecule has 0 heterocycles. The predicted octanol–water partition coefficient (Wildman–Crippen LogP) is 3.01. The van der Waals surface area contributed by atoms with Crippen molar-refractivity contribution in [3.8, 4) is 0 Å². The zero-order chi connectivity index (χ0) is 13.8. The molecule has 1 saturated carbocycles. The fourth-order valence-electron chi connectivity index (χ4n) is 2.61. The van der Waals surface area contributed by atoms with Gasteiger partial charge in [-0.25, -0.2) is 0 Å². The van der Waals surface area contributed by atoms with Gasteiger partial charge in [0.2, 0.25) is 0 Å². The Hall–Kier alpha value is -0.700. The summed E-state index contributed by atoms with van der Waals surface area (Å²) in [6.45, 7) is 9.54. The summed E-state index contributed by atoms with van der Waals surface area (Å²) in [5.41, 5.74) is 0.180. The van der Waals surface area contributed by atoms with Crippen molar-refractivity contribution in [3.63, 3.8) is 0 Å². The second kappa shape index (κ2) is 6.46.